The molecule has 1 aromatic rings. The molecule has 0 amide bonds. The van der Waals surface area contributed by atoms with Gasteiger partial charge in [0.25, 0.3) is 0 Å². The van der Waals surface area contributed by atoms with Gasteiger partial charge in [-0.2, -0.15) is 0 Å². The summed E-state index contributed by atoms with van der Waals surface area (Å²) in [5, 5.41) is 0. The summed E-state index contributed by atoms with van der Waals surface area (Å²) in [5.41, 5.74) is 0. The van der Waals surface area contributed by atoms with Gasteiger partial charge in [-0.05, 0) is 45.3 Å². The topological polar surface area (TPSA) is 46.2 Å². The SMILES string of the molecule is O=S(=O)(NCCCCCI)c1ccccc1Br. The summed E-state index contributed by atoms with van der Waals surface area (Å²) in [4.78, 5) is 0.300. The first kappa shape index (κ1) is 15.4. The molecule has 0 radical (unpaired) electrons. The number of nitrogens with one attached hydrogen (secondary N) is 1. The van der Waals surface area contributed by atoms with Gasteiger partial charge >= 0.3 is 0 Å². The largest absolute Gasteiger partial charge is 0.241 e. The third-order valence-electron chi connectivity index (χ3n) is 2.23. The van der Waals surface area contributed by atoms with Crippen LogP contribution in [-0.2, 0) is 10.0 Å². The fourth-order valence-corrected chi connectivity index (χ4v) is 3.96. The quantitative estimate of drug-likeness (QED) is 0.409. The molecule has 0 bridgehead atoms. The highest BCUT2D eigenvalue weighted by molar-refractivity contribution is 14.1. The number of hydrogen-bond acceptors (Lipinski definition) is 2. The first-order valence-electron chi connectivity index (χ1n) is 5.38. The summed E-state index contributed by atoms with van der Waals surface area (Å²) in [6.07, 6.45) is 3.07. The predicted octanol–water partition coefficient (Wildman–Crippen LogP) is 3.33. The smallest absolute Gasteiger partial charge is 0.211 e. The third kappa shape index (κ3) is 5.23. The summed E-state index contributed by atoms with van der Waals surface area (Å²) in [7, 11) is -3.38. The van der Waals surface area contributed by atoms with Crippen molar-refractivity contribution in [2.75, 3.05) is 11.0 Å². The van der Waals surface area contributed by atoms with Gasteiger partial charge in [-0.25, -0.2) is 13.1 Å². The Morgan fingerprint density at radius 2 is 1.88 bits per heavy atom. The molecular weight excluding hydrogens is 417 g/mol. The van der Waals surface area contributed by atoms with Gasteiger partial charge in [-0.1, -0.05) is 41.1 Å². The number of alkyl halides is 1. The van der Waals surface area contributed by atoms with Gasteiger partial charge in [-0.15, -0.1) is 0 Å². The molecule has 3 nitrogen and oxygen atoms in total. The van der Waals surface area contributed by atoms with Crippen LogP contribution >= 0.6 is 38.5 Å². The number of benzene rings is 1. The van der Waals surface area contributed by atoms with Crippen LogP contribution in [0.15, 0.2) is 33.6 Å². The number of sulfonamides is 1. The zero-order valence-corrected chi connectivity index (χ0v) is 13.9. The molecule has 6 heteroatoms. The van der Waals surface area contributed by atoms with Gasteiger partial charge in [0.15, 0.2) is 0 Å². The fourth-order valence-electron chi connectivity index (χ4n) is 1.34. The summed E-state index contributed by atoms with van der Waals surface area (Å²) >= 11 is 5.57. The zero-order valence-electron chi connectivity index (χ0n) is 9.33. The molecule has 1 N–H and O–H groups in total. The Morgan fingerprint density at radius 3 is 2.53 bits per heavy atom. The van der Waals surface area contributed by atoms with Gasteiger partial charge in [0.2, 0.25) is 10.0 Å². The number of unbranched alkanes of at least 4 members (excludes halogenated alkanes) is 2. The third-order valence-corrected chi connectivity index (χ3v) is 5.46. The van der Waals surface area contributed by atoms with Crippen LogP contribution in [0.25, 0.3) is 0 Å². The molecule has 0 aliphatic carbocycles. The summed E-state index contributed by atoms with van der Waals surface area (Å²) in [6.45, 7) is 0.500. The standard InChI is InChI=1S/C11H15BrINO2S/c12-10-6-2-3-7-11(10)17(15,16)14-9-5-1-4-8-13/h2-3,6-7,14H,1,4-5,8-9H2. The van der Waals surface area contributed by atoms with Crippen LogP contribution in [-0.4, -0.2) is 19.4 Å². The van der Waals surface area contributed by atoms with Crippen molar-refractivity contribution < 1.29 is 8.42 Å². The van der Waals surface area contributed by atoms with Crippen LogP contribution in [0.4, 0.5) is 0 Å². The fraction of sp³-hybridized carbons (Fsp3) is 0.455. The van der Waals surface area contributed by atoms with Gasteiger partial charge in [0, 0.05) is 11.0 Å². The van der Waals surface area contributed by atoms with E-state index in [1.165, 1.54) is 0 Å². The molecule has 0 unspecified atom stereocenters. The van der Waals surface area contributed by atoms with Crippen molar-refractivity contribution in [2.24, 2.45) is 0 Å². The van der Waals surface area contributed by atoms with Gasteiger partial charge in [0.05, 0.1) is 4.90 Å². The molecule has 0 atom stereocenters. The second kappa shape index (κ2) is 7.70. The Kier molecular flexibility index (Phi) is 6.98. The van der Waals surface area contributed by atoms with E-state index in [9.17, 15) is 8.42 Å². The minimum Gasteiger partial charge on any atom is -0.211 e. The van der Waals surface area contributed by atoms with E-state index in [2.05, 4.69) is 43.2 Å². The zero-order chi connectivity index (χ0) is 12.7. The normalized spacial score (nSPS) is 11.6. The molecule has 0 fully saturated rings. The summed E-state index contributed by atoms with van der Waals surface area (Å²) < 4.78 is 28.2. The lowest BCUT2D eigenvalue weighted by Gasteiger charge is -2.07. The first-order chi connectivity index (χ1) is 8.08. The highest BCUT2D eigenvalue weighted by Gasteiger charge is 2.15. The Balaban J connectivity index is 2.55. The van der Waals surface area contributed by atoms with E-state index in [-0.39, 0.29) is 0 Å². The van der Waals surface area contributed by atoms with Crippen molar-refractivity contribution in [3.63, 3.8) is 0 Å². The average molecular weight is 432 g/mol. The highest BCUT2D eigenvalue weighted by atomic mass is 127. The maximum Gasteiger partial charge on any atom is 0.241 e. The number of halogens is 2. The van der Waals surface area contributed by atoms with Crippen LogP contribution in [0.5, 0.6) is 0 Å². The maximum absolute atomic E-state index is 11.9. The summed E-state index contributed by atoms with van der Waals surface area (Å²) in [6, 6.07) is 6.83. The van der Waals surface area contributed by atoms with E-state index in [4.69, 9.17) is 0 Å². The molecule has 0 aliphatic heterocycles. The maximum atomic E-state index is 11.9. The molecule has 96 valence electrons. The van der Waals surface area contributed by atoms with E-state index >= 15 is 0 Å². The molecule has 0 aliphatic rings. The van der Waals surface area contributed by atoms with Gasteiger partial charge < -0.3 is 0 Å². The second-order valence-electron chi connectivity index (χ2n) is 3.58. The molecule has 0 spiro atoms. The molecular formula is C11H15BrINO2S. The predicted molar refractivity (Wildman–Crippen MR) is 82.1 cm³/mol. The molecule has 1 rings (SSSR count). The minimum atomic E-state index is -3.38. The molecule has 0 aromatic heterocycles. The van der Waals surface area contributed by atoms with Crippen molar-refractivity contribution in [2.45, 2.75) is 24.2 Å². The monoisotopic (exact) mass is 431 g/mol. The Labute approximate surface area is 125 Å². The molecule has 0 saturated heterocycles. The first-order valence-corrected chi connectivity index (χ1v) is 9.18. The van der Waals surface area contributed by atoms with Crippen LogP contribution < -0.4 is 4.72 Å². The van der Waals surface area contributed by atoms with Gasteiger partial charge in [0.1, 0.15) is 0 Å². The van der Waals surface area contributed by atoms with E-state index in [0.29, 0.717) is 15.9 Å². The van der Waals surface area contributed by atoms with E-state index in [1.807, 2.05) is 0 Å². The van der Waals surface area contributed by atoms with E-state index in [0.717, 1.165) is 23.7 Å². The minimum absolute atomic E-state index is 0.300. The van der Waals surface area contributed by atoms with Crippen LogP contribution in [0.1, 0.15) is 19.3 Å². The van der Waals surface area contributed by atoms with Crippen LogP contribution in [0, 0.1) is 0 Å². The van der Waals surface area contributed by atoms with Crippen molar-refractivity contribution in [3.05, 3.63) is 28.7 Å². The lowest BCUT2D eigenvalue weighted by molar-refractivity contribution is 0.576. The van der Waals surface area contributed by atoms with Crippen LogP contribution in [0.2, 0.25) is 0 Å². The molecule has 0 saturated carbocycles. The molecule has 17 heavy (non-hydrogen) atoms. The average Bonchev–Trinajstić information content (AvgIpc) is 2.29. The molecule has 0 heterocycles. The summed E-state index contributed by atoms with van der Waals surface area (Å²) in [5.74, 6) is 0. The second-order valence-corrected chi connectivity index (χ2v) is 7.25. The number of hydrogen-bond donors (Lipinski definition) is 1. The molecule has 1 aromatic carbocycles. The van der Waals surface area contributed by atoms with Crippen molar-refractivity contribution >= 4 is 48.5 Å². The van der Waals surface area contributed by atoms with Crippen molar-refractivity contribution in [3.8, 4) is 0 Å². The Hall–Kier alpha value is 0.340. The van der Waals surface area contributed by atoms with E-state index in [1.54, 1.807) is 24.3 Å². The Morgan fingerprint density at radius 1 is 1.18 bits per heavy atom. The number of rotatable bonds is 7. The Bertz CT molecular complexity index is 451. The van der Waals surface area contributed by atoms with Crippen molar-refractivity contribution in [1.29, 1.82) is 0 Å². The van der Waals surface area contributed by atoms with Gasteiger partial charge in [-0.3, -0.25) is 0 Å². The lowest BCUT2D eigenvalue weighted by atomic mass is 10.3. The lowest BCUT2D eigenvalue weighted by Crippen LogP contribution is -2.25. The van der Waals surface area contributed by atoms with Crippen LogP contribution in [0.3, 0.4) is 0 Å². The highest BCUT2D eigenvalue weighted by Crippen LogP contribution is 2.20. The van der Waals surface area contributed by atoms with Crippen molar-refractivity contribution in [1.82, 2.24) is 4.72 Å². The van der Waals surface area contributed by atoms with E-state index < -0.39 is 10.0 Å².